The molecule has 5 nitrogen and oxygen atoms in total. The molecule has 7 heteroatoms. The second kappa shape index (κ2) is 6.69. The average Bonchev–Trinajstić information content (AvgIpc) is 2.33. The molecule has 1 atom stereocenters. The summed E-state index contributed by atoms with van der Waals surface area (Å²) in [6, 6.07) is 4.40. The van der Waals surface area contributed by atoms with Crippen molar-refractivity contribution in [3.05, 3.63) is 22.7 Å². The molecular formula is C12H19BrN2O3S. The van der Waals surface area contributed by atoms with E-state index in [0.29, 0.717) is 23.3 Å². The summed E-state index contributed by atoms with van der Waals surface area (Å²) in [7, 11) is -2.01. The number of likely N-dealkylation sites (N-methyl/N-ethyl adjacent to an activating group) is 1. The number of anilines is 1. The zero-order valence-electron chi connectivity index (χ0n) is 11.3. The zero-order chi connectivity index (χ0) is 14.6. The van der Waals surface area contributed by atoms with Gasteiger partial charge >= 0.3 is 0 Å². The molecule has 0 radical (unpaired) electrons. The van der Waals surface area contributed by atoms with Gasteiger partial charge in [-0.25, -0.2) is 8.42 Å². The first-order chi connectivity index (χ1) is 8.84. The first kappa shape index (κ1) is 16.4. The fourth-order valence-corrected chi connectivity index (χ4v) is 3.77. The van der Waals surface area contributed by atoms with Gasteiger partial charge < -0.3 is 10.5 Å². The van der Waals surface area contributed by atoms with E-state index in [2.05, 4.69) is 15.9 Å². The lowest BCUT2D eigenvalue weighted by atomic mass is 10.3. The van der Waals surface area contributed by atoms with Gasteiger partial charge in [-0.05, 0) is 41.1 Å². The SMILES string of the molecule is CCN(C(C)COC)S(=O)(=O)c1ccc(Br)c(N)c1. The summed E-state index contributed by atoms with van der Waals surface area (Å²) < 4.78 is 32.2. The minimum atomic E-state index is -3.56. The molecule has 0 heterocycles. The number of benzene rings is 1. The van der Waals surface area contributed by atoms with E-state index in [1.54, 1.807) is 20.1 Å². The third kappa shape index (κ3) is 3.68. The zero-order valence-corrected chi connectivity index (χ0v) is 13.7. The first-order valence-electron chi connectivity index (χ1n) is 5.90. The average molecular weight is 351 g/mol. The van der Waals surface area contributed by atoms with Crippen LogP contribution in [0.4, 0.5) is 5.69 Å². The molecule has 1 unspecified atom stereocenters. The number of halogens is 1. The van der Waals surface area contributed by atoms with Crippen LogP contribution in [-0.2, 0) is 14.8 Å². The molecule has 0 amide bonds. The minimum Gasteiger partial charge on any atom is -0.398 e. The Morgan fingerprint density at radius 2 is 2.11 bits per heavy atom. The standard InChI is InChI=1S/C12H19BrN2O3S/c1-4-15(9(2)8-18-3)19(16,17)10-5-6-11(13)12(14)7-10/h5-7,9H,4,8,14H2,1-3H3. The van der Waals surface area contributed by atoms with Gasteiger partial charge in [-0.2, -0.15) is 4.31 Å². The summed E-state index contributed by atoms with van der Waals surface area (Å²) in [5, 5.41) is 0. The highest BCUT2D eigenvalue weighted by Crippen LogP contribution is 2.25. The molecule has 19 heavy (non-hydrogen) atoms. The fraction of sp³-hybridized carbons (Fsp3) is 0.500. The molecular weight excluding hydrogens is 332 g/mol. The molecule has 1 rings (SSSR count). The Hall–Kier alpha value is -0.630. The van der Waals surface area contributed by atoms with Crippen molar-refractivity contribution in [3.8, 4) is 0 Å². The van der Waals surface area contributed by atoms with Crippen LogP contribution in [0.15, 0.2) is 27.6 Å². The van der Waals surface area contributed by atoms with E-state index in [0.717, 1.165) is 0 Å². The second-order valence-corrected chi connectivity index (χ2v) is 6.94. The molecule has 0 aliphatic carbocycles. The Morgan fingerprint density at radius 1 is 1.47 bits per heavy atom. The quantitative estimate of drug-likeness (QED) is 0.797. The van der Waals surface area contributed by atoms with Crippen molar-refractivity contribution in [2.45, 2.75) is 24.8 Å². The summed E-state index contributed by atoms with van der Waals surface area (Å²) in [6.45, 7) is 4.33. The maximum atomic E-state index is 12.5. The maximum absolute atomic E-state index is 12.5. The van der Waals surface area contributed by atoms with Gasteiger partial charge in [0.15, 0.2) is 0 Å². The van der Waals surface area contributed by atoms with E-state index in [1.165, 1.54) is 16.4 Å². The van der Waals surface area contributed by atoms with Gasteiger partial charge in [-0.3, -0.25) is 0 Å². The molecule has 0 saturated carbocycles. The predicted molar refractivity (Wildman–Crippen MR) is 79.5 cm³/mol. The molecule has 0 aromatic heterocycles. The lowest BCUT2D eigenvalue weighted by molar-refractivity contribution is 0.142. The fourth-order valence-electron chi connectivity index (χ4n) is 1.86. The van der Waals surface area contributed by atoms with Crippen LogP contribution in [0, 0.1) is 0 Å². The van der Waals surface area contributed by atoms with E-state index >= 15 is 0 Å². The van der Waals surface area contributed by atoms with Crippen molar-refractivity contribution in [2.75, 3.05) is 26.0 Å². The van der Waals surface area contributed by atoms with Crippen LogP contribution in [0.5, 0.6) is 0 Å². The number of methoxy groups -OCH3 is 1. The smallest absolute Gasteiger partial charge is 0.243 e. The molecule has 0 bridgehead atoms. The summed E-state index contributed by atoms with van der Waals surface area (Å²) in [6.07, 6.45) is 0. The Balaban J connectivity index is 3.16. The molecule has 0 spiro atoms. The lowest BCUT2D eigenvalue weighted by Gasteiger charge is -2.26. The summed E-state index contributed by atoms with van der Waals surface area (Å²) in [4.78, 5) is 0.193. The Labute approximate surface area is 122 Å². The molecule has 1 aromatic carbocycles. The number of nitrogens with zero attached hydrogens (tertiary/aromatic N) is 1. The summed E-state index contributed by atoms with van der Waals surface area (Å²) in [5.74, 6) is 0. The largest absolute Gasteiger partial charge is 0.398 e. The van der Waals surface area contributed by atoms with Crippen LogP contribution in [0.2, 0.25) is 0 Å². The summed E-state index contributed by atoms with van der Waals surface area (Å²) in [5.41, 5.74) is 6.14. The highest BCUT2D eigenvalue weighted by molar-refractivity contribution is 9.10. The van der Waals surface area contributed by atoms with Crippen LogP contribution in [-0.4, -0.2) is 39.0 Å². The highest BCUT2D eigenvalue weighted by Gasteiger charge is 2.27. The topological polar surface area (TPSA) is 72.6 Å². The van der Waals surface area contributed by atoms with Crippen molar-refractivity contribution in [3.63, 3.8) is 0 Å². The number of nitrogens with two attached hydrogens (primary N) is 1. The van der Waals surface area contributed by atoms with Gasteiger partial charge in [0.05, 0.1) is 11.5 Å². The Kier molecular flexibility index (Phi) is 5.79. The first-order valence-corrected chi connectivity index (χ1v) is 8.13. The number of sulfonamides is 1. The van der Waals surface area contributed by atoms with E-state index in [1.807, 2.05) is 6.92 Å². The summed E-state index contributed by atoms with van der Waals surface area (Å²) >= 11 is 3.25. The van der Waals surface area contributed by atoms with E-state index in [9.17, 15) is 8.42 Å². The number of rotatable bonds is 6. The Bertz CT molecular complexity index is 534. The molecule has 0 fully saturated rings. The van der Waals surface area contributed by atoms with Crippen LogP contribution < -0.4 is 5.73 Å². The lowest BCUT2D eigenvalue weighted by Crippen LogP contribution is -2.40. The van der Waals surface area contributed by atoms with Gasteiger partial charge in [0.25, 0.3) is 0 Å². The Morgan fingerprint density at radius 3 is 2.58 bits per heavy atom. The van der Waals surface area contributed by atoms with Gasteiger partial charge in [0.1, 0.15) is 0 Å². The van der Waals surface area contributed by atoms with Gasteiger partial charge in [-0.1, -0.05) is 6.92 Å². The molecule has 0 aliphatic heterocycles. The predicted octanol–water partition coefficient (Wildman–Crippen LogP) is 2.08. The van der Waals surface area contributed by atoms with Crippen molar-refractivity contribution in [1.82, 2.24) is 4.31 Å². The molecule has 108 valence electrons. The van der Waals surface area contributed by atoms with E-state index < -0.39 is 10.0 Å². The number of hydrogen-bond acceptors (Lipinski definition) is 4. The number of nitrogen functional groups attached to an aromatic ring is 1. The van der Waals surface area contributed by atoms with Gasteiger partial charge in [-0.15, -0.1) is 0 Å². The third-order valence-electron chi connectivity index (χ3n) is 2.79. The van der Waals surface area contributed by atoms with Crippen molar-refractivity contribution >= 4 is 31.6 Å². The third-order valence-corrected chi connectivity index (χ3v) is 5.59. The van der Waals surface area contributed by atoms with Crippen LogP contribution >= 0.6 is 15.9 Å². The number of ether oxygens (including phenoxy) is 1. The van der Waals surface area contributed by atoms with Crippen molar-refractivity contribution in [2.24, 2.45) is 0 Å². The second-order valence-electron chi connectivity index (χ2n) is 4.20. The molecule has 2 N–H and O–H groups in total. The minimum absolute atomic E-state index is 0.193. The van der Waals surface area contributed by atoms with Gasteiger partial charge in [0.2, 0.25) is 10.0 Å². The van der Waals surface area contributed by atoms with E-state index in [-0.39, 0.29) is 10.9 Å². The highest BCUT2D eigenvalue weighted by atomic mass is 79.9. The van der Waals surface area contributed by atoms with Crippen molar-refractivity contribution in [1.29, 1.82) is 0 Å². The van der Waals surface area contributed by atoms with Crippen molar-refractivity contribution < 1.29 is 13.2 Å². The van der Waals surface area contributed by atoms with Crippen LogP contribution in [0.25, 0.3) is 0 Å². The number of hydrogen-bond donors (Lipinski definition) is 1. The monoisotopic (exact) mass is 350 g/mol. The normalized spacial score (nSPS) is 13.7. The molecule has 0 aliphatic rings. The molecule has 0 saturated heterocycles. The van der Waals surface area contributed by atoms with Gasteiger partial charge in [0, 0.05) is 29.9 Å². The molecule has 1 aromatic rings. The van der Waals surface area contributed by atoms with E-state index in [4.69, 9.17) is 10.5 Å². The maximum Gasteiger partial charge on any atom is 0.243 e. The van der Waals surface area contributed by atoms with Crippen LogP contribution in [0.1, 0.15) is 13.8 Å². The van der Waals surface area contributed by atoms with Crippen LogP contribution in [0.3, 0.4) is 0 Å².